The highest BCUT2D eigenvalue weighted by Gasteiger charge is 2.34. The van der Waals surface area contributed by atoms with Gasteiger partial charge in [-0.1, -0.05) is 54.6 Å². The molecule has 4 aromatic carbocycles. The molecule has 0 radical (unpaired) electrons. The summed E-state index contributed by atoms with van der Waals surface area (Å²) in [5, 5.41) is 21.2. The van der Waals surface area contributed by atoms with Crippen molar-refractivity contribution >= 4 is 42.4 Å². The Morgan fingerprint density at radius 3 is 2.37 bits per heavy atom. The predicted molar refractivity (Wildman–Crippen MR) is 120 cm³/mol. The van der Waals surface area contributed by atoms with Crippen molar-refractivity contribution in [3.63, 3.8) is 0 Å². The van der Waals surface area contributed by atoms with Crippen molar-refractivity contribution in [3.05, 3.63) is 60.2 Å². The summed E-state index contributed by atoms with van der Waals surface area (Å²) in [6.45, 7) is 0.527. The highest BCUT2D eigenvalue weighted by Crippen LogP contribution is 2.36. The number of aliphatic hydroxyl groups is 1. The normalized spacial score (nSPS) is 22.9. The van der Waals surface area contributed by atoms with Crippen molar-refractivity contribution in [1.82, 2.24) is 5.32 Å². The van der Waals surface area contributed by atoms with Crippen LogP contribution in [0.5, 0.6) is 0 Å². The highest BCUT2D eigenvalue weighted by molar-refractivity contribution is 7.86. The van der Waals surface area contributed by atoms with Crippen LogP contribution in [0, 0.1) is 0 Å². The molecule has 0 amide bonds. The van der Waals surface area contributed by atoms with E-state index in [0.29, 0.717) is 19.4 Å². The molecule has 0 heterocycles. The van der Waals surface area contributed by atoms with Crippen LogP contribution < -0.4 is 5.32 Å². The second kappa shape index (κ2) is 7.46. The summed E-state index contributed by atoms with van der Waals surface area (Å²) in [4.78, 5) is 0. The van der Waals surface area contributed by atoms with Crippen LogP contribution in [0.1, 0.15) is 24.8 Å². The van der Waals surface area contributed by atoms with Crippen LogP contribution in [0.15, 0.2) is 54.6 Å². The first kappa shape index (κ1) is 19.7. The predicted octanol–water partition coefficient (Wildman–Crippen LogP) is 3.93. The first-order valence-corrected chi connectivity index (χ1v) is 12.2. The number of nitrogens with one attached hydrogen (secondary N) is 1. The summed E-state index contributed by atoms with van der Waals surface area (Å²) in [5.41, 5.74) is 1.12. The minimum atomic E-state index is -3.58. The second-order valence-corrected chi connectivity index (χ2v) is 9.93. The molecular weight excluding hydrogens is 398 g/mol. The molecule has 6 heteroatoms. The molecule has 1 aliphatic carbocycles. The van der Waals surface area contributed by atoms with Gasteiger partial charge in [-0.2, -0.15) is 8.42 Å². The summed E-state index contributed by atoms with van der Waals surface area (Å²) in [6.07, 6.45) is 1.87. The lowest BCUT2D eigenvalue weighted by atomic mass is 9.89. The summed E-state index contributed by atoms with van der Waals surface area (Å²) in [7, 11) is -3.58. The second-order valence-electron chi connectivity index (χ2n) is 8.32. The Morgan fingerprint density at radius 1 is 0.967 bits per heavy atom. The molecule has 4 aromatic rings. The minimum Gasteiger partial charge on any atom is -0.391 e. The fourth-order valence-electron chi connectivity index (χ4n) is 4.91. The SMILES string of the molecule is CS(=O)(=O)O[C@H]1CCC[C@@H](O)[C@@H]1NCc1ccc2ccc3cccc4ccc1c2c34. The van der Waals surface area contributed by atoms with Crippen LogP contribution in [0.3, 0.4) is 0 Å². The van der Waals surface area contributed by atoms with Gasteiger partial charge in [0.2, 0.25) is 0 Å². The smallest absolute Gasteiger partial charge is 0.264 e. The largest absolute Gasteiger partial charge is 0.391 e. The summed E-state index contributed by atoms with van der Waals surface area (Å²) < 4.78 is 28.6. The maximum absolute atomic E-state index is 11.7. The Morgan fingerprint density at radius 2 is 1.63 bits per heavy atom. The van der Waals surface area contributed by atoms with Crippen LogP contribution in [0.25, 0.3) is 32.3 Å². The number of hydrogen-bond donors (Lipinski definition) is 2. The van der Waals surface area contributed by atoms with E-state index in [4.69, 9.17) is 4.18 Å². The molecule has 30 heavy (non-hydrogen) atoms. The van der Waals surface area contributed by atoms with Gasteiger partial charge in [0.1, 0.15) is 0 Å². The van der Waals surface area contributed by atoms with Gasteiger partial charge in [0.05, 0.1) is 24.5 Å². The molecule has 0 saturated heterocycles. The molecule has 156 valence electrons. The van der Waals surface area contributed by atoms with Gasteiger partial charge in [0.25, 0.3) is 10.1 Å². The van der Waals surface area contributed by atoms with E-state index in [2.05, 4.69) is 59.9 Å². The molecule has 0 bridgehead atoms. The average molecular weight is 424 g/mol. The Hall–Kier alpha value is -2.25. The van der Waals surface area contributed by atoms with Crippen LogP contribution in [0.2, 0.25) is 0 Å². The minimum absolute atomic E-state index is 0.424. The van der Waals surface area contributed by atoms with E-state index in [0.717, 1.165) is 18.2 Å². The first-order valence-electron chi connectivity index (χ1n) is 10.4. The van der Waals surface area contributed by atoms with Crippen LogP contribution in [-0.2, 0) is 20.8 Å². The maximum Gasteiger partial charge on any atom is 0.264 e. The lowest BCUT2D eigenvalue weighted by Gasteiger charge is -2.35. The standard InChI is InChI=1S/C24H25NO4S/c1-30(27,28)29-21-7-3-6-20(26)24(21)25-14-18-11-10-17-9-8-15-4-2-5-16-12-13-19(18)23(17)22(15)16/h2,4-5,8-13,20-21,24-26H,3,6-7,14H2,1H3/t20-,21+,24+/m1/s1. The van der Waals surface area contributed by atoms with Gasteiger partial charge in [-0.05, 0) is 57.1 Å². The van der Waals surface area contributed by atoms with Gasteiger partial charge < -0.3 is 10.4 Å². The van der Waals surface area contributed by atoms with Crippen molar-refractivity contribution in [2.24, 2.45) is 0 Å². The van der Waals surface area contributed by atoms with Crippen molar-refractivity contribution in [2.75, 3.05) is 6.26 Å². The molecule has 1 fully saturated rings. The fourth-order valence-corrected chi connectivity index (χ4v) is 5.58. The van der Waals surface area contributed by atoms with E-state index >= 15 is 0 Å². The van der Waals surface area contributed by atoms with Crippen molar-refractivity contribution in [2.45, 2.75) is 44.1 Å². The van der Waals surface area contributed by atoms with Crippen LogP contribution in [0.4, 0.5) is 0 Å². The number of aliphatic hydroxyl groups excluding tert-OH is 1. The lowest BCUT2D eigenvalue weighted by molar-refractivity contribution is 0.0166. The molecule has 0 aliphatic heterocycles. The Bertz CT molecular complexity index is 1300. The molecule has 0 spiro atoms. The number of rotatable bonds is 5. The van der Waals surface area contributed by atoms with Gasteiger partial charge in [-0.15, -0.1) is 0 Å². The fraction of sp³-hybridized carbons (Fsp3) is 0.333. The summed E-state index contributed by atoms with van der Waals surface area (Å²) in [6, 6.07) is 18.8. The van der Waals surface area contributed by atoms with E-state index in [1.54, 1.807) is 0 Å². The molecule has 1 aliphatic rings. The molecule has 0 aromatic heterocycles. The maximum atomic E-state index is 11.7. The van der Waals surface area contributed by atoms with Gasteiger partial charge in [-0.25, -0.2) is 0 Å². The monoisotopic (exact) mass is 423 g/mol. The van der Waals surface area contributed by atoms with E-state index in [-0.39, 0.29) is 0 Å². The molecule has 3 atom stereocenters. The third-order valence-electron chi connectivity index (χ3n) is 6.25. The lowest BCUT2D eigenvalue weighted by Crippen LogP contribution is -2.52. The van der Waals surface area contributed by atoms with E-state index in [9.17, 15) is 13.5 Å². The van der Waals surface area contributed by atoms with Gasteiger partial charge >= 0.3 is 0 Å². The first-order chi connectivity index (χ1) is 14.4. The zero-order valence-corrected chi connectivity index (χ0v) is 17.7. The molecular formula is C24H25NO4S. The molecule has 5 nitrogen and oxygen atoms in total. The molecule has 0 unspecified atom stereocenters. The van der Waals surface area contributed by atoms with Crippen LogP contribution in [-0.4, -0.2) is 38.0 Å². The Balaban J connectivity index is 1.50. The molecule has 2 N–H and O–H groups in total. The zero-order chi connectivity index (χ0) is 20.9. The zero-order valence-electron chi connectivity index (χ0n) is 16.8. The average Bonchev–Trinajstić information content (AvgIpc) is 2.71. The van der Waals surface area contributed by atoms with Crippen LogP contribution >= 0.6 is 0 Å². The van der Waals surface area contributed by atoms with Crippen molar-refractivity contribution in [1.29, 1.82) is 0 Å². The van der Waals surface area contributed by atoms with Crippen molar-refractivity contribution < 1.29 is 17.7 Å². The van der Waals surface area contributed by atoms with E-state index in [1.165, 1.54) is 32.3 Å². The van der Waals surface area contributed by atoms with Gasteiger partial charge in [-0.3, -0.25) is 4.18 Å². The quantitative estimate of drug-likeness (QED) is 0.376. The van der Waals surface area contributed by atoms with Gasteiger partial charge in [0.15, 0.2) is 0 Å². The number of hydrogen-bond acceptors (Lipinski definition) is 5. The van der Waals surface area contributed by atoms with Gasteiger partial charge in [0, 0.05) is 6.54 Å². The van der Waals surface area contributed by atoms with E-state index < -0.39 is 28.4 Å². The van der Waals surface area contributed by atoms with Crippen molar-refractivity contribution in [3.8, 4) is 0 Å². The summed E-state index contributed by atoms with van der Waals surface area (Å²) in [5.74, 6) is 0. The Kier molecular flexibility index (Phi) is 4.90. The molecule has 5 rings (SSSR count). The Labute approximate surface area is 176 Å². The number of benzene rings is 4. The third-order valence-corrected chi connectivity index (χ3v) is 6.85. The topological polar surface area (TPSA) is 75.6 Å². The van der Waals surface area contributed by atoms with E-state index in [1.807, 2.05) is 0 Å². The summed E-state index contributed by atoms with van der Waals surface area (Å²) >= 11 is 0. The third kappa shape index (κ3) is 3.54. The highest BCUT2D eigenvalue weighted by atomic mass is 32.2. The molecule has 1 saturated carbocycles.